The zero-order chi connectivity index (χ0) is 7.11. The van der Waals surface area contributed by atoms with E-state index in [1.807, 2.05) is 6.08 Å². The van der Waals surface area contributed by atoms with Crippen LogP contribution in [0.5, 0.6) is 0 Å². The van der Waals surface area contributed by atoms with Gasteiger partial charge in [0.15, 0.2) is 0 Å². The lowest BCUT2D eigenvalue weighted by Crippen LogP contribution is -1.83. The van der Waals surface area contributed by atoms with E-state index in [1.165, 1.54) is 0 Å². The van der Waals surface area contributed by atoms with Crippen molar-refractivity contribution in [3.8, 4) is 12.3 Å². The average molecular weight is 122 g/mol. The third-order valence-corrected chi connectivity index (χ3v) is 0.808. The largest absolute Gasteiger partial charge is 0.300 e. The topological polar surface area (TPSA) is 17.1 Å². The van der Waals surface area contributed by atoms with E-state index in [9.17, 15) is 4.79 Å². The molecule has 0 fully saturated rings. The fourth-order valence-electron chi connectivity index (χ4n) is 0.401. The second-order valence-corrected chi connectivity index (χ2v) is 1.79. The quantitative estimate of drug-likeness (QED) is 0.410. The number of carbonyl (C=O) groups is 1. The minimum atomic E-state index is 0.170. The lowest BCUT2D eigenvalue weighted by atomic mass is 10.3. The predicted molar refractivity (Wildman–Crippen MR) is 37.9 cm³/mol. The molecule has 0 aromatic rings. The summed E-state index contributed by atoms with van der Waals surface area (Å²) < 4.78 is 0. The number of ketones is 1. The summed E-state index contributed by atoms with van der Waals surface area (Å²) >= 11 is 0. The van der Waals surface area contributed by atoms with Crippen LogP contribution in [0.15, 0.2) is 12.2 Å². The van der Waals surface area contributed by atoms with E-state index in [0.29, 0.717) is 12.8 Å². The molecule has 0 aromatic carbocycles. The van der Waals surface area contributed by atoms with Gasteiger partial charge in [0.1, 0.15) is 5.78 Å². The normalized spacial score (nSPS) is 9.33. The van der Waals surface area contributed by atoms with Gasteiger partial charge in [-0.15, -0.1) is 12.3 Å². The van der Waals surface area contributed by atoms with Crippen LogP contribution in [0.4, 0.5) is 0 Å². The molecule has 0 amide bonds. The van der Waals surface area contributed by atoms with Crippen molar-refractivity contribution in [3.63, 3.8) is 0 Å². The first-order valence-electron chi connectivity index (χ1n) is 2.85. The van der Waals surface area contributed by atoms with E-state index in [4.69, 9.17) is 6.42 Å². The van der Waals surface area contributed by atoms with Crippen LogP contribution in [0, 0.1) is 12.3 Å². The molecule has 0 radical (unpaired) electrons. The summed E-state index contributed by atoms with van der Waals surface area (Å²) in [5.74, 6) is 2.61. The maximum Gasteiger partial charge on any atom is 0.133 e. The van der Waals surface area contributed by atoms with Crippen molar-refractivity contribution < 1.29 is 4.79 Å². The summed E-state index contributed by atoms with van der Waals surface area (Å²) in [4.78, 5) is 10.3. The maximum atomic E-state index is 10.3. The van der Waals surface area contributed by atoms with Crippen LogP contribution >= 0.6 is 0 Å². The third kappa shape index (κ3) is 6.97. The van der Waals surface area contributed by atoms with Crippen molar-refractivity contribution in [3.05, 3.63) is 12.2 Å². The van der Waals surface area contributed by atoms with E-state index in [1.54, 1.807) is 13.0 Å². The minimum absolute atomic E-state index is 0.170. The van der Waals surface area contributed by atoms with Gasteiger partial charge >= 0.3 is 0 Å². The Balaban J connectivity index is 3.28. The fraction of sp³-hybridized carbons (Fsp3) is 0.375. The van der Waals surface area contributed by atoms with Crippen LogP contribution in [-0.2, 0) is 4.79 Å². The average Bonchev–Trinajstić information content (AvgIpc) is 1.80. The van der Waals surface area contributed by atoms with Crippen molar-refractivity contribution in [2.75, 3.05) is 0 Å². The molecule has 0 saturated carbocycles. The molecule has 1 heteroatoms. The van der Waals surface area contributed by atoms with E-state index >= 15 is 0 Å². The molecule has 48 valence electrons. The molecular weight excluding hydrogens is 112 g/mol. The Morgan fingerprint density at radius 2 is 2.33 bits per heavy atom. The van der Waals surface area contributed by atoms with E-state index in [2.05, 4.69) is 5.92 Å². The number of Topliss-reactive ketones (excluding diaryl/α,β-unsaturated/α-hetero) is 1. The summed E-state index contributed by atoms with van der Waals surface area (Å²) in [5, 5.41) is 0. The highest BCUT2D eigenvalue weighted by molar-refractivity contribution is 5.76. The Hall–Kier alpha value is -1.03. The Morgan fingerprint density at radius 3 is 2.78 bits per heavy atom. The van der Waals surface area contributed by atoms with Crippen molar-refractivity contribution in [2.45, 2.75) is 19.8 Å². The van der Waals surface area contributed by atoms with Gasteiger partial charge in [0.25, 0.3) is 0 Å². The molecule has 0 aromatic heterocycles. The number of allylic oxidation sites excluding steroid dienone is 2. The lowest BCUT2D eigenvalue weighted by Gasteiger charge is -1.80. The molecule has 0 heterocycles. The SMILES string of the molecule is C#CC/C=C\CC(C)=O. The summed E-state index contributed by atoms with van der Waals surface area (Å²) in [6.07, 6.45) is 9.69. The van der Waals surface area contributed by atoms with Crippen LogP contribution in [0.2, 0.25) is 0 Å². The first-order valence-corrected chi connectivity index (χ1v) is 2.85. The van der Waals surface area contributed by atoms with Crippen molar-refractivity contribution in [1.29, 1.82) is 0 Å². The van der Waals surface area contributed by atoms with Crippen LogP contribution in [0.25, 0.3) is 0 Å². The molecule has 0 atom stereocenters. The zero-order valence-corrected chi connectivity index (χ0v) is 5.55. The molecule has 0 rings (SSSR count). The van der Waals surface area contributed by atoms with Gasteiger partial charge in [0.05, 0.1) is 0 Å². The van der Waals surface area contributed by atoms with Crippen LogP contribution < -0.4 is 0 Å². The van der Waals surface area contributed by atoms with Crippen molar-refractivity contribution >= 4 is 5.78 Å². The minimum Gasteiger partial charge on any atom is -0.300 e. The Bertz CT molecular complexity index is 148. The fourth-order valence-corrected chi connectivity index (χ4v) is 0.401. The number of hydrogen-bond donors (Lipinski definition) is 0. The molecule has 0 unspecified atom stereocenters. The Morgan fingerprint density at radius 1 is 1.67 bits per heavy atom. The second-order valence-electron chi connectivity index (χ2n) is 1.79. The third-order valence-electron chi connectivity index (χ3n) is 0.808. The van der Waals surface area contributed by atoms with Gasteiger partial charge in [-0.2, -0.15) is 0 Å². The summed E-state index contributed by atoms with van der Waals surface area (Å²) in [7, 11) is 0. The molecule has 1 nitrogen and oxygen atoms in total. The summed E-state index contributed by atoms with van der Waals surface area (Å²) in [5.41, 5.74) is 0. The molecule has 0 aliphatic rings. The Labute approximate surface area is 55.8 Å². The monoisotopic (exact) mass is 122 g/mol. The highest BCUT2D eigenvalue weighted by Crippen LogP contribution is 1.86. The van der Waals surface area contributed by atoms with Crippen LogP contribution in [-0.4, -0.2) is 5.78 Å². The first kappa shape index (κ1) is 7.97. The number of terminal acetylenes is 1. The molecular formula is C8H10O. The molecule has 0 N–H and O–H groups in total. The van der Waals surface area contributed by atoms with E-state index in [0.717, 1.165) is 0 Å². The van der Waals surface area contributed by atoms with Gasteiger partial charge in [-0.05, 0) is 6.92 Å². The first-order chi connectivity index (χ1) is 4.27. The van der Waals surface area contributed by atoms with E-state index < -0.39 is 0 Å². The highest BCUT2D eigenvalue weighted by Gasteiger charge is 1.83. The molecule has 9 heavy (non-hydrogen) atoms. The van der Waals surface area contributed by atoms with Gasteiger partial charge in [-0.3, -0.25) is 4.79 Å². The van der Waals surface area contributed by atoms with Crippen LogP contribution in [0.1, 0.15) is 19.8 Å². The summed E-state index contributed by atoms with van der Waals surface area (Å²) in [6.45, 7) is 1.56. The number of carbonyl (C=O) groups excluding carboxylic acids is 1. The molecule has 0 aliphatic carbocycles. The standard InChI is InChI=1S/C8H10O/c1-3-4-5-6-7-8(2)9/h1,5-6H,4,7H2,2H3/b6-5-. The van der Waals surface area contributed by atoms with Gasteiger partial charge < -0.3 is 0 Å². The van der Waals surface area contributed by atoms with Gasteiger partial charge in [-0.25, -0.2) is 0 Å². The number of rotatable bonds is 3. The van der Waals surface area contributed by atoms with Gasteiger partial charge in [-0.1, -0.05) is 12.2 Å². The van der Waals surface area contributed by atoms with Crippen LogP contribution in [0.3, 0.4) is 0 Å². The molecule has 0 saturated heterocycles. The molecule has 0 bridgehead atoms. The zero-order valence-electron chi connectivity index (χ0n) is 5.55. The smallest absolute Gasteiger partial charge is 0.133 e. The van der Waals surface area contributed by atoms with Crippen molar-refractivity contribution in [1.82, 2.24) is 0 Å². The molecule has 0 spiro atoms. The van der Waals surface area contributed by atoms with Crippen molar-refractivity contribution in [2.24, 2.45) is 0 Å². The highest BCUT2D eigenvalue weighted by atomic mass is 16.1. The number of hydrogen-bond acceptors (Lipinski definition) is 1. The lowest BCUT2D eigenvalue weighted by molar-refractivity contribution is -0.116. The van der Waals surface area contributed by atoms with Gasteiger partial charge in [0, 0.05) is 12.8 Å². The Kier molecular flexibility index (Phi) is 4.53. The molecule has 0 aliphatic heterocycles. The van der Waals surface area contributed by atoms with E-state index in [-0.39, 0.29) is 5.78 Å². The van der Waals surface area contributed by atoms with Gasteiger partial charge in [0.2, 0.25) is 0 Å². The predicted octanol–water partition coefficient (Wildman–Crippen LogP) is 1.54. The second kappa shape index (κ2) is 5.11. The summed E-state index contributed by atoms with van der Waals surface area (Å²) in [6, 6.07) is 0. The maximum absolute atomic E-state index is 10.3.